The third-order valence-corrected chi connectivity index (χ3v) is 9.86. The molecule has 0 amide bonds. The predicted octanol–water partition coefficient (Wildman–Crippen LogP) is 0.193. The largest absolute Gasteiger partial charge is 0.479 e. The third kappa shape index (κ3) is 4.16. The van der Waals surface area contributed by atoms with Crippen molar-refractivity contribution in [1.29, 1.82) is 0 Å². The monoisotopic (exact) mass is 508 g/mol. The number of aliphatic hydroxyl groups is 4. The minimum absolute atomic E-state index is 0.105. The number of carbonyl (C=O) groups excluding carboxylic acids is 2. The smallest absolute Gasteiger partial charge is 0.335 e. The number of fused-ring (bicyclic) bond motifs is 5. The summed E-state index contributed by atoms with van der Waals surface area (Å²) >= 11 is 0. The average molecular weight is 509 g/mol. The minimum Gasteiger partial charge on any atom is -0.479 e. The highest BCUT2D eigenvalue weighted by molar-refractivity contribution is 5.91. The van der Waals surface area contributed by atoms with Crippen LogP contribution in [0.2, 0.25) is 0 Å². The molecule has 36 heavy (non-hydrogen) atoms. The van der Waals surface area contributed by atoms with Gasteiger partial charge in [-0.05, 0) is 73.7 Å². The normalized spacial score (nSPS) is 48.4. The number of carbonyl (C=O) groups is 3. The second-order valence-electron chi connectivity index (χ2n) is 11.6. The van der Waals surface area contributed by atoms with Gasteiger partial charge in [0.15, 0.2) is 24.0 Å². The van der Waals surface area contributed by atoms with Crippen molar-refractivity contribution < 1.29 is 49.4 Å². The summed E-state index contributed by atoms with van der Waals surface area (Å²) in [5.74, 6) is -1.04. The maximum absolute atomic E-state index is 13.3. The Morgan fingerprint density at radius 1 is 1.06 bits per heavy atom. The molecule has 5 aliphatic rings. The van der Waals surface area contributed by atoms with E-state index < -0.39 is 54.8 Å². The molecule has 5 N–H and O–H groups in total. The summed E-state index contributed by atoms with van der Waals surface area (Å²) in [5, 5.41) is 50.5. The third-order valence-electron chi connectivity index (χ3n) is 9.86. The van der Waals surface area contributed by atoms with E-state index in [1.165, 1.54) is 5.57 Å². The number of aliphatic hydroxyl groups excluding tert-OH is 4. The Morgan fingerprint density at radius 3 is 2.53 bits per heavy atom. The molecule has 0 radical (unpaired) electrons. The lowest BCUT2D eigenvalue weighted by atomic mass is 9.50. The van der Waals surface area contributed by atoms with E-state index in [9.17, 15) is 39.9 Å². The van der Waals surface area contributed by atoms with Gasteiger partial charge < -0.3 is 35.0 Å². The molecule has 5 rings (SSSR count). The van der Waals surface area contributed by atoms with E-state index in [0.717, 1.165) is 25.7 Å². The van der Waals surface area contributed by atoms with E-state index in [2.05, 4.69) is 6.92 Å². The number of Topliss-reactive ketones (excluding diaryl/α,β-unsaturated/α-hetero) is 1. The second-order valence-corrected chi connectivity index (χ2v) is 11.6. The highest BCUT2D eigenvalue weighted by Gasteiger charge is 2.60. The SMILES string of the molecule is C[C@]12C[C@@H](O)[C@H]3[C@@H](CCC4=CC(=O)CC[C@@H]43)[C@@H]1CC[C@@H]2C(=O)COC1O[C@H](C(=O)O)[C@@H](O)[C@H](O)[C@H]1O. The Bertz CT molecular complexity index is 947. The lowest BCUT2D eigenvalue weighted by Crippen LogP contribution is -2.60. The van der Waals surface area contributed by atoms with Gasteiger partial charge in [0.25, 0.3) is 0 Å². The number of hydrogen-bond donors (Lipinski definition) is 5. The Labute approximate surface area is 209 Å². The van der Waals surface area contributed by atoms with Crippen molar-refractivity contribution in [2.75, 3.05) is 6.61 Å². The van der Waals surface area contributed by atoms with Crippen LogP contribution in [0.4, 0.5) is 0 Å². The molecule has 1 heterocycles. The zero-order valence-electron chi connectivity index (χ0n) is 20.4. The summed E-state index contributed by atoms with van der Waals surface area (Å²) in [7, 11) is 0. The van der Waals surface area contributed by atoms with E-state index in [1.807, 2.05) is 0 Å². The van der Waals surface area contributed by atoms with E-state index in [4.69, 9.17) is 9.47 Å². The predicted molar refractivity (Wildman–Crippen MR) is 122 cm³/mol. The van der Waals surface area contributed by atoms with Crippen LogP contribution in [0.15, 0.2) is 11.6 Å². The molecule has 200 valence electrons. The average Bonchev–Trinajstić information content (AvgIpc) is 3.17. The van der Waals surface area contributed by atoms with Crippen LogP contribution in [0.5, 0.6) is 0 Å². The fourth-order valence-corrected chi connectivity index (χ4v) is 8.24. The van der Waals surface area contributed by atoms with Gasteiger partial charge in [-0.15, -0.1) is 0 Å². The molecule has 0 aromatic rings. The molecule has 0 spiro atoms. The number of hydrogen-bond acceptors (Lipinski definition) is 9. The van der Waals surface area contributed by atoms with Crippen molar-refractivity contribution in [1.82, 2.24) is 0 Å². The summed E-state index contributed by atoms with van der Waals surface area (Å²) < 4.78 is 10.6. The van der Waals surface area contributed by atoms with Crippen LogP contribution < -0.4 is 0 Å². The van der Waals surface area contributed by atoms with Gasteiger partial charge in [-0.1, -0.05) is 12.5 Å². The maximum atomic E-state index is 13.3. The second kappa shape index (κ2) is 9.56. The zero-order chi connectivity index (χ0) is 25.9. The molecule has 3 saturated carbocycles. The summed E-state index contributed by atoms with van der Waals surface area (Å²) in [6.07, 6.45) is -2.41. The van der Waals surface area contributed by atoms with Gasteiger partial charge in [-0.25, -0.2) is 4.79 Å². The van der Waals surface area contributed by atoms with Crippen LogP contribution in [0.3, 0.4) is 0 Å². The molecule has 4 fully saturated rings. The highest BCUT2D eigenvalue weighted by Crippen LogP contribution is 2.63. The Kier molecular flexibility index (Phi) is 6.89. The molecule has 1 unspecified atom stereocenters. The van der Waals surface area contributed by atoms with Crippen LogP contribution >= 0.6 is 0 Å². The lowest BCUT2D eigenvalue weighted by Gasteiger charge is -2.55. The van der Waals surface area contributed by atoms with E-state index in [-0.39, 0.29) is 41.2 Å². The number of rotatable bonds is 5. The fourth-order valence-electron chi connectivity index (χ4n) is 8.24. The molecule has 12 atom stereocenters. The van der Waals surface area contributed by atoms with Gasteiger partial charge in [0.2, 0.25) is 0 Å². The first kappa shape index (κ1) is 25.9. The van der Waals surface area contributed by atoms with Crippen molar-refractivity contribution in [2.45, 2.75) is 88.7 Å². The standard InChI is InChI=1S/C26H36O10/c1-26-9-17(28)19-13-5-3-12(27)8-11(13)2-4-14(19)15(26)6-7-16(26)18(29)10-35-25-22(32)20(30)21(31)23(36-25)24(33)34/h8,13-17,19-23,25,28,30-32H,2-7,9-10H2,1H3,(H,33,34)/t13-,14-,15-,16+,17+,19+,20-,21-,22+,23-,25?,26-/m0/s1. The van der Waals surface area contributed by atoms with E-state index in [1.54, 1.807) is 6.08 Å². The Morgan fingerprint density at radius 2 is 1.81 bits per heavy atom. The Hall–Kier alpha value is -1.69. The van der Waals surface area contributed by atoms with Crippen LogP contribution in [0.25, 0.3) is 0 Å². The molecular formula is C26H36O10. The minimum atomic E-state index is -1.83. The van der Waals surface area contributed by atoms with Gasteiger partial charge in [0.05, 0.1) is 6.10 Å². The maximum Gasteiger partial charge on any atom is 0.335 e. The van der Waals surface area contributed by atoms with E-state index in [0.29, 0.717) is 19.3 Å². The summed E-state index contributed by atoms with van der Waals surface area (Å²) in [6.45, 7) is 1.63. The molecular weight excluding hydrogens is 472 g/mol. The molecule has 4 aliphatic carbocycles. The highest BCUT2D eigenvalue weighted by atomic mass is 16.7. The van der Waals surface area contributed by atoms with Crippen LogP contribution in [0, 0.1) is 35.0 Å². The number of ketones is 2. The van der Waals surface area contributed by atoms with Gasteiger partial charge in [-0.3, -0.25) is 9.59 Å². The summed E-state index contributed by atoms with van der Waals surface area (Å²) in [6, 6.07) is 0. The zero-order valence-corrected chi connectivity index (χ0v) is 20.4. The molecule has 0 bridgehead atoms. The lowest BCUT2D eigenvalue weighted by molar-refractivity contribution is -0.292. The number of aliphatic carboxylic acids is 1. The first-order chi connectivity index (χ1) is 17.0. The molecule has 10 heteroatoms. The van der Waals surface area contributed by atoms with Crippen LogP contribution in [0.1, 0.15) is 51.9 Å². The number of ether oxygens (including phenoxy) is 2. The number of carboxylic acid groups (broad SMARTS) is 1. The van der Waals surface area contributed by atoms with Crippen LogP contribution in [-0.4, -0.2) is 86.5 Å². The molecule has 0 aromatic heterocycles. The first-order valence-electron chi connectivity index (χ1n) is 13.0. The summed E-state index contributed by atoms with van der Waals surface area (Å²) in [4.78, 5) is 36.6. The Balaban J connectivity index is 1.27. The van der Waals surface area contributed by atoms with Crippen LogP contribution in [-0.2, 0) is 23.9 Å². The van der Waals surface area contributed by atoms with Gasteiger partial charge in [0, 0.05) is 12.3 Å². The van der Waals surface area contributed by atoms with Crippen molar-refractivity contribution >= 4 is 17.5 Å². The number of allylic oxidation sites excluding steroid dienone is 1. The van der Waals surface area contributed by atoms with Gasteiger partial charge in [0.1, 0.15) is 24.9 Å². The van der Waals surface area contributed by atoms with Crippen molar-refractivity contribution in [3.63, 3.8) is 0 Å². The molecule has 10 nitrogen and oxygen atoms in total. The van der Waals surface area contributed by atoms with E-state index >= 15 is 0 Å². The molecule has 0 aromatic carbocycles. The van der Waals surface area contributed by atoms with Crippen molar-refractivity contribution in [3.8, 4) is 0 Å². The quantitative estimate of drug-likeness (QED) is 0.345. The topological polar surface area (TPSA) is 171 Å². The van der Waals surface area contributed by atoms with Gasteiger partial charge >= 0.3 is 5.97 Å². The molecule has 1 aliphatic heterocycles. The molecule has 1 saturated heterocycles. The van der Waals surface area contributed by atoms with Crippen molar-refractivity contribution in [3.05, 3.63) is 11.6 Å². The summed E-state index contributed by atoms with van der Waals surface area (Å²) in [5.41, 5.74) is 0.755. The first-order valence-corrected chi connectivity index (χ1v) is 13.0. The van der Waals surface area contributed by atoms with Gasteiger partial charge in [-0.2, -0.15) is 0 Å². The fraction of sp³-hybridized carbons (Fsp3) is 0.808. The van der Waals surface area contributed by atoms with Crippen molar-refractivity contribution in [2.24, 2.45) is 35.0 Å². The number of carboxylic acids is 1.